The van der Waals surface area contributed by atoms with Crippen LogP contribution < -0.4 is 5.32 Å². The molecule has 1 rings (SSSR count). The Hall–Kier alpha value is -1.59. The topological polar surface area (TPSA) is 75.6 Å². The zero-order valence-corrected chi connectivity index (χ0v) is 11.0. The molecule has 0 aliphatic carbocycles. The van der Waals surface area contributed by atoms with Gasteiger partial charge in [-0.3, -0.25) is 4.79 Å². The van der Waals surface area contributed by atoms with Crippen molar-refractivity contribution in [3.05, 3.63) is 28.8 Å². The van der Waals surface area contributed by atoms with Gasteiger partial charge in [0.2, 0.25) is 0 Å². The molecule has 1 amide bonds. The molecule has 0 radical (unpaired) electrons. The third-order valence-corrected chi connectivity index (χ3v) is 2.83. The zero-order chi connectivity index (χ0) is 13.9. The van der Waals surface area contributed by atoms with Crippen molar-refractivity contribution in [3.8, 4) is 0 Å². The van der Waals surface area contributed by atoms with Crippen LogP contribution in [-0.2, 0) is 9.53 Å². The van der Waals surface area contributed by atoms with E-state index in [9.17, 15) is 9.59 Å². The van der Waals surface area contributed by atoms with E-state index in [1.54, 1.807) is 13.8 Å². The van der Waals surface area contributed by atoms with Gasteiger partial charge in [-0.05, 0) is 32.0 Å². The SMILES string of the molecule is COC(C)(C)C(=O)Nc1ccc(C(=O)O)cc1Cl. The predicted octanol–water partition coefficient (Wildman–Crippen LogP) is 2.40. The van der Waals surface area contributed by atoms with Crippen molar-refractivity contribution in [3.63, 3.8) is 0 Å². The number of carbonyl (C=O) groups excluding carboxylic acids is 1. The molecular formula is C12H14ClNO4. The van der Waals surface area contributed by atoms with Crippen LogP contribution in [0.25, 0.3) is 0 Å². The van der Waals surface area contributed by atoms with Crippen molar-refractivity contribution in [2.24, 2.45) is 0 Å². The second-order valence-electron chi connectivity index (χ2n) is 4.17. The zero-order valence-electron chi connectivity index (χ0n) is 10.3. The molecule has 0 unspecified atom stereocenters. The van der Waals surface area contributed by atoms with Gasteiger partial charge in [-0.15, -0.1) is 0 Å². The van der Waals surface area contributed by atoms with Gasteiger partial charge in [-0.25, -0.2) is 4.79 Å². The molecule has 0 atom stereocenters. The second-order valence-corrected chi connectivity index (χ2v) is 4.58. The molecule has 0 aliphatic heterocycles. The van der Waals surface area contributed by atoms with Crippen LogP contribution in [0.1, 0.15) is 24.2 Å². The number of carboxylic acids is 1. The predicted molar refractivity (Wildman–Crippen MR) is 68.1 cm³/mol. The Balaban J connectivity index is 2.93. The van der Waals surface area contributed by atoms with Gasteiger partial charge in [0.25, 0.3) is 5.91 Å². The Morgan fingerprint density at radius 2 is 2.00 bits per heavy atom. The lowest BCUT2D eigenvalue weighted by Gasteiger charge is -2.22. The molecule has 0 heterocycles. The number of ether oxygens (including phenoxy) is 1. The number of halogens is 1. The molecule has 0 saturated carbocycles. The number of amides is 1. The number of hydrogen-bond acceptors (Lipinski definition) is 3. The molecule has 6 heteroatoms. The molecule has 0 aliphatic rings. The summed E-state index contributed by atoms with van der Waals surface area (Å²) >= 11 is 5.89. The Kier molecular flexibility index (Phi) is 4.32. The van der Waals surface area contributed by atoms with Crippen molar-refractivity contribution in [1.82, 2.24) is 0 Å². The largest absolute Gasteiger partial charge is 0.478 e. The number of benzene rings is 1. The van der Waals surface area contributed by atoms with Gasteiger partial charge < -0.3 is 15.2 Å². The average molecular weight is 272 g/mol. The van der Waals surface area contributed by atoms with Gasteiger partial charge in [0, 0.05) is 7.11 Å². The summed E-state index contributed by atoms with van der Waals surface area (Å²) in [6.45, 7) is 3.23. The summed E-state index contributed by atoms with van der Waals surface area (Å²) in [6, 6.07) is 4.08. The third kappa shape index (κ3) is 3.21. The summed E-state index contributed by atoms with van der Waals surface area (Å²) in [5, 5.41) is 11.5. The highest BCUT2D eigenvalue weighted by Crippen LogP contribution is 2.24. The molecular weight excluding hydrogens is 258 g/mol. The van der Waals surface area contributed by atoms with Gasteiger partial charge in [0.15, 0.2) is 0 Å². The lowest BCUT2D eigenvalue weighted by atomic mass is 10.1. The maximum Gasteiger partial charge on any atom is 0.335 e. The standard InChI is InChI=1S/C12H14ClNO4/c1-12(2,18-3)11(17)14-9-5-4-7(10(15)16)6-8(9)13/h4-6H,1-3H3,(H,14,17)(H,15,16). The molecule has 0 bridgehead atoms. The molecule has 1 aromatic rings. The first kappa shape index (κ1) is 14.5. The molecule has 0 fully saturated rings. The number of aromatic carboxylic acids is 1. The van der Waals surface area contributed by atoms with Gasteiger partial charge in [-0.1, -0.05) is 11.6 Å². The van der Waals surface area contributed by atoms with Gasteiger partial charge >= 0.3 is 5.97 Å². The molecule has 5 nitrogen and oxygen atoms in total. The number of anilines is 1. The van der Waals surface area contributed by atoms with Gasteiger partial charge in [-0.2, -0.15) is 0 Å². The van der Waals surface area contributed by atoms with Crippen LogP contribution in [0.3, 0.4) is 0 Å². The fraction of sp³-hybridized carbons (Fsp3) is 0.333. The smallest absolute Gasteiger partial charge is 0.335 e. The summed E-state index contributed by atoms with van der Waals surface area (Å²) in [5.74, 6) is -1.44. The summed E-state index contributed by atoms with van der Waals surface area (Å²) in [6.07, 6.45) is 0. The van der Waals surface area contributed by atoms with Crippen molar-refractivity contribution in [2.45, 2.75) is 19.4 Å². The van der Waals surface area contributed by atoms with Crippen molar-refractivity contribution in [2.75, 3.05) is 12.4 Å². The summed E-state index contributed by atoms with van der Waals surface area (Å²) in [7, 11) is 1.43. The maximum absolute atomic E-state index is 11.8. The van der Waals surface area contributed by atoms with Crippen LogP contribution in [0.5, 0.6) is 0 Å². The van der Waals surface area contributed by atoms with E-state index in [1.807, 2.05) is 0 Å². The quantitative estimate of drug-likeness (QED) is 0.882. The van der Waals surface area contributed by atoms with Crippen LogP contribution in [0, 0.1) is 0 Å². The summed E-state index contributed by atoms with van der Waals surface area (Å²) < 4.78 is 5.02. The Morgan fingerprint density at radius 3 is 2.44 bits per heavy atom. The van der Waals surface area contributed by atoms with Gasteiger partial charge in [0.05, 0.1) is 16.3 Å². The molecule has 98 valence electrons. The van der Waals surface area contributed by atoms with Gasteiger partial charge in [0.1, 0.15) is 5.60 Å². The fourth-order valence-electron chi connectivity index (χ4n) is 1.12. The number of nitrogens with one attached hydrogen (secondary N) is 1. The van der Waals surface area contributed by atoms with Crippen LogP contribution in [-0.4, -0.2) is 29.7 Å². The van der Waals surface area contributed by atoms with E-state index < -0.39 is 11.6 Å². The van der Waals surface area contributed by atoms with Crippen molar-refractivity contribution in [1.29, 1.82) is 0 Å². The lowest BCUT2D eigenvalue weighted by Crippen LogP contribution is -2.38. The van der Waals surface area contributed by atoms with E-state index in [1.165, 1.54) is 25.3 Å². The van der Waals surface area contributed by atoms with E-state index in [4.69, 9.17) is 21.4 Å². The lowest BCUT2D eigenvalue weighted by molar-refractivity contribution is -0.133. The van der Waals surface area contributed by atoms with E-state index in [-0.39, 0.29) is 16.5 Å². The number of carbonyl (C=O) groups is 2. The number of carboxylic acid groups (broad SMARTS) is 1. The average Bonchev–Trinajstić information content (AvgIpc) is 2.31. The van der Waals surface area contributed by atoms with Crippen molar-refractivity contribution < 1.29 is 19.4 Å². The third-order valence-electron chi connectivity index (χ3n) is 2.52. The minimum Gasteiger partial charge on any atom is -0.478 e. The highest BCUT2D eigenvalue weighted by molar-refractivity contribution is 6.34. The van der Waals surface area contributed by atoms with Crippen LogP contribution in [0.4, 0.5) is 5.69 Å². The Bertz CT molecular complexity index is 485. The first-order valence-corrected chi connectivity index (χ1v) is 5.55. The van der Waals surface area contributed by atoms with Crippen molar-refractivity contribution >= 4 is 29.2 Å². The van der Waals surface area contributed by atoms with E-state index in [0.717, 1.165) is 0 Å². The first-order chi connectivity index (χ1) is 8.27. The first-order valence-electron chi connectivity index (χ1n) is 5.17. The minimum atomic E-state index is -1.08. The van der Waals surface area contributed by atoms with E-state index in [2.05, 4.69) is 5.32 Å². The molecule has 0 aromatic heterocycles. The summed E-state index contributed by atoms with van der Waals surface area (Å²) in [5.41, 5.74) is -0.588. The number of methoxy groups -OCH3 is 1. The monoisotopic (exact) mass is 271 g/mol. The maximum atomic E-state index is 11.8. The number of hydrogen-bond donors (Lipinski definition) is 2. The fourth-order valence-corrected chi connectivity index (χ4v) is 1.34. The Labute approximate surface area is 110 Å². The minimum absolute atomic E-state index is 0.0593. The highest BCUT2D eigenvalue weighted by atomic mass is 35.5. The van der Waals surface area contributed by atoms with E-state index >= 15 is 0 Å². The molecule has 0 saturated heterocycles. The molecule has 0 spiro atoms. The highest BCUT2D eigenvalue weighted by Gasteiger charge is 2.27. The van der Waals surface area contributed by atoms with Crippen LogP contribution >= 0.6 is 11.6 Å². The van der Waals surface area contributed by atoms with E-state index in [0.29, 0.717) is 5.69 Å². The molecule has 2 N–H and O–H groups in total. The van der Waals surface area contributed by atoms with Crippen LogP contribution in [0.2, 0.25) is 5.02 Å². The second kappa shape index (κ2) is 5.37. The molecule has 1 aromatic carbocycles. The Morgan fingerprint density at radius 1 is 1.39 bits per heavy atom. The number of rotatable bonds is 4. The van der Waals surface area contributed by atoms with Crippen LogP contribution in [0.15, 0.2) is 18.2 Å². The molecule has 18 heavy (non-hydrogen) atoms. The normalized spacial score (nSPS) is 11.1. The summed E-state index contributed by atoms with van der Waals surface area (Å²) in [4.78, 5) is 22.6.